The first-order valence-corrected chi connectivity index (χ1v) is 9.66. The van der Waals surface area contributed by atoms with Gasteiger partial charge in [-0.2, -0.15) is 5.26 Å². The third-order valence-electron chi connectivity index (χ3n) is 5.30. The molecule has 2 aromatic heterocycles. The van der Waals surface area contributed by atoms with E-state index in [0.717, 1.165) is 36.2 Å². The molecule has 25 heavy (non-hydrogen) atoms. The number of fused-ring (bicyclic) bond motifs is 1. The molecule has 2 fully saturated rings. The number of carbonyl (C=O) groups excluding carboxylic acids is 1. The maximum Gasteiger partial charge on any atom is 0.240 e. The lowest BCUT2D eigenvalue weighted by atomic mass is 10.1. The zero-order valence-corrected chi connectivity index (χ0v) is 14.9. The number of nitriles is 1. The number of H-pyrrole nitrogens is 1. The summed E-state index contributed by atoms with van der Waals surface area (Å²) in [5, 5.41) is 10.1. The Morgan fingerprint density at radius 3 is 3.12 bits per heavy atom. The van der Waals surface area contributed by atoms with Crippen molar-refractivity contribution in [3.05, 3.63) is 18.6 Å². The van der Waals surface area contributed by atoms with Crippen LogP contribution < -0.4 is 4.90 Å². The van der Waals surface area contributed by atoms with Crippen molar-refractivity contribution < 1.29 is 4.79 Å². The first-order valence-electron chi connectivity index (χ1n) is 8.44. The van der Waals surface area contributed by atoms with E-state index in [0.29, 0.717) is 19.6 Å². The fraction of sp³-hybridized carbons (Fsp3) is 0.529. The Hall–Kier alpha value is -2.27. The molecular formula is C17H20N6OS. The molecule has 2 aromatic rings. The van der Waals surface area contributed by atoms with Gasteiger partial charge in [-0.25, -0.2) is 9.97 Å². The van der Waals surface area contributed by atoms with E-state index in [4.69, 9.17) is 5.26 Å². The van der Waals surface area contributed by atoms with Gasteiger partial charge in [0, 0.05) is 32.4 Å². The van der Waals surface area contributed by atoms with Gasteiger partial charge in [0.15, 0.2) is 0 Å². The molecule has 2 aliphatic rings. The fourth-order valence-corrected chi connectivity index (χ4v) is 4.72. The van der Waals surface area contributed by atoms with Crippen LogP contribution in [0.5, 0.6) is 0 Å². The van der Waals surface area contributed by atoms with E-state index < -0.39 is 4.75 Å². The highest BCUT2D eigenvalue weighted by atomic mass is 32.2. The number of rotatable bonds is 3. The second kappa shape index (κ2) is 6.23. The van der Waals surface area contributed by atoms with E-state index in [-0.39, 0.29) is 11.8 Å². The van der Waals surface area contributed by atoms with Crippen molar-refractivity contribution in [1.29, 1.82) is 5.26 Å². The molecule has 0 radical (unpaired) electrons. The van der Waals surface area contributed by atoms with E-state index >= 15 is 0 Å². The zero-order valence-electron chi connectivity index (χ0n) is 14.1. The van der Waals surface area contributed by atoms with Crippen molar-refractivity contribution in [3.8, 4) is 6.07 Å². The molecule has 8 heteroatoms. The van der Waals surface area contributed by atoms with Crippen molar-refractivity contribution in [3.63, 3.8) is 0 Å². The SMILES string of the molecule is CSC1(C(=O)N2CCC(C#N)C2)CCN(c2ncnc3[nH]ccc23)C1. The predicted molar refractivity (Wildman–Crippen MR) is 97.3 cm³/mol. The number of hydrogen-bond donors (Lipinski definition) is 1. The molecule has 130 valence electrons. The van der Waals surface area contributed by atoms with Crippen molar-refractivity contribution in [2.45, 2.75) is 17.6 Å². The van der Waals surface area contributed by atoms with Crippen LogP contribution in [0, 0.1) is 17.2 Å². The summed E-state index contributed by atoms with van der Waals surface area (Å²) in [6.45, 7) is 2.68. The number of thioether (sulfide) groups is 1. The number of likely N-dealkylation sites (tertiary alicyclic amines) is 1. The highest BCUT2D eigenvalue weighted by molar-refractivity contribution is 8.00. The van der Waals surface area contributed by atoms with E-state index in [1.165, 1.54) is 0 Å². The van der Waals surface area contributed by atoms with Gasteiger partial charge in [-0.15, -0.1) is 11.8 Å². The molecule has 0 saturated carbocycles. The minimum atomic E-state index is -0.460. The number of aromatic nitrogens is 3. The zero-order chi connectivity index (χ0) is 17.4. The van der Waals surface area contributed by atoms with Crippen LogP contribution in [0.2, 0.25) is 0 Å². The molecule has 0 spiro atoms. The highest BCUT2D eigenvalue weighted by Gasteiger charge is 2.48. The Morgan fingerprint density at radius 1 is 1.48 bits per heavy atom. The van der Waals surface area contributed by atoms with Crippen LogP contribution in [-0.2, 0) is 4.79 Å². The first kappa shape index (κ1) is 16.2. The van der Waals surface area contributed by atoms with Gasteiger partial charge in [0.25, 0.3) is 0 Å². The van der Waals surface area contributed by atoms with Crippen LogP contribution in [0.3, 0.4) is 0 Å². The lowest BCUT2D eigenvalue weighted by Gasteiger charge is -2.31. The average molecular weight is 356 g/mol. The van der Waals surface area contributed by atoms with Crippen LogP contribution in [0.25, 0.3) is 11.0 Å². The molecule has 0 aromatic carbocycles. The number of anilines is 1. The fourth-order valence-electron chi connectivity index (χ4n) is 3.84. The molecule has 2 atom stereocenters. The quantitative estimate of drug-likeness (QED) is 0.899. The Balaban J connectivity index is 1.58. The van der Waals surface area contributed by atoms with Crippen LogP contribution in [0.1, 0.15) is 12.8 Å². The van der Waals surface area contributed by atoms with E-state index in [2.05, 4.69) is 25.9 Å². The van der Waals surface area contributed by atoms with Crippen molar-refractivity contribution >= 4 is 34.5 Å². The molecule has 1 amide bonds. The Morgan fingerprint density at radius 2 is 2.36 bits per heavy atom. The van der Waals surface area contributed by atoms with Crippen molar-refractivity contribution in [2.75, 3.05) is 37.3 Å². The maximum absolute atomic E-state index is 13.2. The number of carbonyl (C=O) groups is 1. The van der Waals surface area contributed by atoms with Crippen LogP contribution in [0.4, 0.5) is 5.82 Å². The summed E-state index contributed by atoms with van der Waals surface area (Å²) < 4.78 is -0.460. The highest BCUT2D eigenvalue weighted by Crippen LogP contribution is 2.39. The molecule has 0 bridgehead atoms. The standard InChI is InChI=1S/C17H20N6OS/c1-25-17(16(24)22-6-3-12(8-18)9-22)4-7-23(10-17)15-13-2-5-19-14(13)20-11-21-15/h2,5,11-12H,3-4,6-7,9-10H2,1H3,(H,19,20,21). The van der Waals surface area contributed by atoms with Gasteiger partial charge in [0.1, 0.15) is 22.5 Å². The van der Waals surface area contributed by atoms with E-state index in [1.807, 2.05) is 23.4 Å². The molecule has 4 heterocycles. The number of aromatic amines is 1. The second-order valence-corrected chi connectivity index (χ2v) is 7.86. The Kier molecular flexibility index (Phi) is 4.04. The molecule has 1 N–H and O–H groups in total. The largest absolute Gasteiger partial charge is 0.354 e. The van der Waals surface area contributed by atoms with Crippen molar-refractivity contribution in [1.82, 2.24) is 19.9 Å². The summed E-state index contributed by atoms with van der Waals surface area (Å²) in [5.41, 5.74) is 0.814. The molecule has 7 nitrogen and oxygen atoms in total. The van der Waals surface area contributed by atoms with Gasteiger partial charge in [-0.05, 0) is 25.2 Å². The topological polar surface area (TPSA) is 88.9 Å². The number of hydrogen-bond acceptors (Lipinski definition) is 6. The molecule has 4 rings (SSSR count). The summed E-state index contributed by atoms with van der Waals surface area (Å²) in [6.07, 6.45) is 7.00. The molecule has 2 saturated heterocycles. The summed E-state index contributed by atoms with van der Waals surface area (Å²) in [7, 11) is 0. The maximum atomic E-state index is 13.2. The Bertz CT molecular complexity index is 845. The van der Waals surface area contributed by atoms with Crippen LogP contribution >= 0.6 is 11.8 Å². The average Bonchev–Trinajstić information content (AvgIpc) is 3.39. The normalized spacial score (nSPS) is 26.3. The third kappa shape index (κ3) is 2.63. The molecule has 0 aliphatic carbocycles. The lowest BCUT2D eigenvalue weighted by Crippen LogP contribution is -2.47. The summed E-state index contributed by atoms with van der Waals surface area (Å²) in [4.78, 5) is 29.1. The molecular weight excluding hydrogens is 336 g/mol. The first-order chi connectivity index (χ1) is 12.2. The smallest absolute Gasteiger partial charge is 0.240 e. The number of nitrogens with zero attached hydrogens (tertiary/aromatic N) is 5. The van der Waals surface area contributed by atoms with Gasteiger partial charge in [-0.3, -0.25) is 4.79 Å². The molecule has 2 aliphatic heterocycles. The third-order valence-corrected chi connectivity index (χ3v) is 6.59. The number of amides is 1. The van der Waals surface area contributed by atoms with Crippen LogP contribution in [-0.4, -0.2) is 62.9 Å². The van der Waals surface area contributed by atoms with Gasteiger partial charge in [0.05, 0.1) is 17.4 Å². The van der Waals surface area contributed by atoms with E-state index in [1.54, 1.807) is 18.1 Å². The summed E-state index contributed by atoms with van der Waals surface area (Å²) in [5.74, 6) is 1.02. The van der Waals surface area contributed by atoms with Gasteiger partial charge >= 0.3 is 0 Å². The lowest BCUT2D eigenvalue weighted by molar-refractivity contribution is -0.132. The second-order valence-electron chi connectivity index (χ2n) is 6.67. The summed E-state index contributed by atoms with van der Waals surface area (Å²) in [6, 6.07) is 4.27. The minimum absolute atomic E-state index is 0.0262. The monoisotopic (exact) mass is 356 g/mol. The van der Waals surface area contributed by atoms with Gasteiger partial charge < -0.3 is 14.8 Å². The minimum Gasteiger partial charge on any atom is -0.354 e. The van der Waals surface area contributed by atoms with Crippen LogP contribution in [0.15, 0.2) is 18.6 Å². The summed E-state index contributed by atoms with van der Waals surface area (Å²) >= 11 is 1.62. The predicted octanol–water partition coefficient (Wildman–Crippen LogP) is 1.64. The molecule has 2 unspecified atom stereocenters. The Labute approximate surface area is 150 Å². The van der Waals surface area contributed by atoms with Crippen molar-refractivity contribution in [2.24, 2.45) is 5.92 Å². The number of nitrogens with one attached hydrogen (secondary N) is 1. The van der Waals surface area contributed by atoms with E-state index in [9.17, 15) is 4.79 Å². The van der Waals surface area contributed by atoms with Gasteiger partial charge in [-0.1, -0.05) is 0 Å². The van der Waals surface area contributed by atoms with Gasteiger partial charge in [0.2, 0.25) is 5.91 Å².